The molecule has 0 aliphatic carbocycles. The molecule has 0 spiro atoms. The minimum atomic E-state index is -0.459. The van der Waals surface area contributed by atoms with Gasteiger partial charge in [-0.1, -0.05) is 11.8 Å². The van der Waals surface area contributed by atoms with Crippen LogP contribution >= 0.6 is 0 Å². The number of carbonyl (C=O) groups excluding carboxylic acids is 2. The van der Waals surface area contributed by atoms with Gasteiger partial charge in [-0.3, -0.25) is 9.59 Å². The highest BCUT2D eigenvalue weighted by molar-refractivity contribution is 5.95. The molecule has 0 aromatic heterocycles. The van der Waals surface area contributed by atoms with Crippen LogP contribution in [0.3, 0.4) is 0 Å². The first kappa shape index (κ1) is 14.7. The summed E-state index contributed by atoms with van der Waals surface area (Å²) >= 11 is 0. The van der Waals surface area contributed by atoms with Crippen molar-refractivity contribution in [3.8, 4) is 11.8 Å². The summed E-state index contributed by atoms with van der Waals surface area (Å²) in [4.78, 5) is 22.4. The Morgan fingerprint density at radius 3 is 2.74 bits per heavy atom. The maximum atomic E-state index is 11.8. The molecule has 1 aromatic rings. The van der Waals surface area contributed by atoms with Gasteiger partial charge in [-0.15, -0.1) is 0 Å². The van der Waals surface area contributed by atoms with Crippen LogP contribution in [0.4, 0.5) is 0 Å². The lowest BCUT2D eigenvalue weighted by molar-refractivity contribution is -0.117. The first-order valence-electron chi connectivity index (χ1n) is 5.81. The molecule has 0 saturated carbocycles. The zero-order valence-corrected chi connectivity index (χ0v) is 10.7. The molecule has 0 heterocycles. The van der Waals surface area contributed by atoms with Crippen LogP contribution in [0.5, 0.6) is 0 Å². The lowest BCUT2D eigenvalue weighted by Crippen LogP contribution is -2.27. The van der Waals surface area contributed by atoms with Crippen molar-refractivity contribution in [2.45, 2.75) is 13.3 Å². The summed E-state index contributed by atoms with van der Waals surface area (Å²) in [5.41, 5.74) is 7.01. The molecule has 0 fully saturated rings. The first-order valence-corrected chi connectivity index (χ1v) is 5.81. The van der Waals surface area contributed by atoms with Crippen LogP contribution in [0.15, 0.2) is 18.2 Å². The molecule has 19 heavy (non-hydrogen) atoms. The van der Waals surface area contributed by atoms with Gasteiger partial charge in [0.15, 0.2) is 0 Å². The van der Waals surface area contributed by atoms with Crippen molar-refractivity contribution < 1.29 is 14.7 Å². The Labute approximate surface area is 111 Å². The van der Waals surface area contributed by atoms with E-state index in [1.165, 1.54) is 0 Å². The van der Waals surface area contributed by atoms with Gasteiger partial charge >= 0.3 is 0 Å². The zero-order valence-electron chi connectivity index (χ0n) is 10.7. The lowest BCUT2D eigenvalue weighted by atomic mass is 10.1. The quantitative estimate of drug-likeness (QED) is 0.662. The van der Waals surface area contributed by atoms with E-state index in [0.717, 1.165) is 5.56 Å². The number of hydrogen-bond donors (Lipinski definition) is 3. The van der Waals surface area contributed by atoms with E-state index in [4.69, 9.17) is 10.8 Å². The molecular formula is C14H16N2O3. The molecule has 0 bridgehead atoms. The zero-order chi connectivity index (χ0) is 14.3. The fraction of sp³-hybridized carbons (Fsp3) is 0.286. The van der Waals surface area contributed by atoms with Crippen molar-refractivity contribution in [3.05, 3.63) is 34.9 Å². The molecule has 4 N–H and O–H groups in total. The van der Waals surface area contributed by atoms with Crippen molar-refractivity contribution >= 4 is 11.8 Å². The molecule has 100 valence electrons. The number of aliphatic hydroxyl groups is 1. The average Bonchev–Trinajstić information content (AvgIpc) is 2.35. The van der Waals surface area contributed by atoms with Crippen molar-refractivity contribution in [1.82, 2.24) is 5.32 Å². The Hall–Kier alpha value is -2.32. The molecule has 0 unspecified atom stereocenters. The second kappa shape index (κ2) is 7.19. The van der Waals surface area contributed by atoms with E-state index >= 15 is 0 Å². The van der Waals surface area contributed by atoms with Gasteiger partial charge in [0.2, 0.25) is 5.91 Å². The molecule has 0 saturated heterocycles. The summed E-state index contributed by atoms with van der Waals surface area (Å²) in [6.07, 6.45) is 0.106. The number of aliphatic hydroxyl groups excluding tert-OH is 1. The Kier molecular flexibility index (Phi) is 5.58. The summed E-state index contributed by atoms with van der Waals surface area (Å²) in [7, 11) is 0. The molecule has 5 heteroatoms. The van der Waals surface area contributed by atoms with E-state index in [1.54, 1.807) is 12.1 Å². The summed E-state index contributed by atoms with van der Waals surface area (Å²) < 4.78 is 0. The molecule has 0 aliphatic rings. The minimum Gasteiger partial charge on any atom is -0.384 e. The van der Waals surface area contributed by atoms with Crippen LogP contribution in [0.25, 0.3) is 0 Å². The molecule has 0 aliphatic heterocycles. The smallest absolute Gasteiger partial charge is 0.251 e. The van der Waals surface area contributed by atoms with Crippen LogP contribution in [-0.2, 0) is 4.79 Å². The third kappa shape index (κ3) is 5.23. The van der Waals surface area contributed by atoms with Crippen molar-refractivity contribution in [1.29, 1.82) is 0 Å². The van der Waals surface area contributed by atoms with Gasteiger partial charge in [-0.2, -0.15) is 0 Å². The number of carbonyl (C=O) groups is 2. The van der Waals surface area contributed by atoms with Crippen molar-refractivity contribution in [2.24, 2.45) is 5.73 Å². The monoisotopic (exact) mass is 260 g/mol. The molecule has 1 rings (SSSR count). The first-order chi connectivity index (χ1) is 9.02. The van der Waals surface area contributed by atoms with Gasteiger partial charge in [0.1, 0.15) is 6.61 Å². The summed E-state index contributed by atoms with van der Waals surface area (Å²) in [6.45, 7) is 1.83. The number of nitrogens with one attached hydrogen (secondary N) is 1. The van der Waals surface area contributed by atoms with Gasteiger partial charge in [0.25, 0.3) is 5.91 Å². The number of amides is 2. The Morgan fingerprint density at radius 2 is 2.11 bits per heavy atom. The van der Waals surface area contributed by atoms with Gasteiger partial charge in [0.05, 0.1) is 0 Å². The number of hydrogen-bond acceptors (Lipinski definition) is 3. The second-order valence-corrected chi connectivity index (χ2v) is 4.02. The van der Waals surface area contributed by atoms with Crippen LogP contribution < -0.4 is 11.1 Å². The predicted octanol–water partition coefficient (Wildman–Crippen LogP) is -0.0560. The maximum Gasteiger partial charge on any atom is 0.251 e. The fourth-order valence-electron chi connectivity index (χ4n) is 1.53. The molecule has 5 nitrogen and oxygen atoms in total. The lowest BCUT2D eigenvalue weighted by Gasteiger charge is -2.05. The van der Waals surface area contributed by atoms with E-state index in [-0.39, 0.29) is 25.5 Å². The Morgan fingerprint density at radius 1 is 1.37 bits per heavy atom. The topological polar surface area (TPSA) is 92.4 Å². The highest BCUT2D eigenvalue weighted by Gasteiger charge is 2.07. The average molecular weight is 260 g/mol. The van der Waals surface area contributed by atoms with Crippen LogP contribution in [-0.4, -0.2) is 30.1 Å². The number of primary amides is 1. The molecule has 0 radical (unpaired) electrons. The third-order valence-corrected chi connectivity index (χ3v) is 2.31. The SMILES string of the molecule is Cc1cc(C#CCO)cc(C(=O)NCCC(N)=O)c1. The van der Waals surface area contributed by atoms with E-state index in [1.807, 2.05) is 13.0 Å². The number of benzene rings is 1. The molecular weight excluding hydrogens is 244 g/mol. The minimum absolute atomic E-state index is 0.106. The van der Waals surface area contributed by atoms with Crippen LogP contribution in [0.2, 0.25) is 0 Å². The number of rotatable bonds is 4. The summed E-state index contributed by atoms with van der Waals surface area (Å²) in [5, 5.41) is 11.3. The van der Waals surface area contributed by atoms with Crippen molar-refractivity contribution in [3.63, 3.8) is 0 Å². The number of nitrogens with two attached hydrogens (primary N) is 1. The molecule has 0 atom stereocenters. The maximum absolute atomic E-state index is 11.8. The van der Waals surface area contributed by atoms with E-state index in [0.29, 0.717) is 11.1 Å². The van der Waals surface area contributed by atoms with E-state index < -0.39 is 5.91 Å². The summed E-state index contributed by atoms with van der Waals surface area (Å²) in [5.74, 6) is 4.54. The second-order valence-electron chi connectivity index (χ2n) is 4.02. The predicted molar refractivity (Wildman–Crippen MR) is 71.3 cm³/mol. The highest BCUT2D eigenvalue weighted by atomic mass is 16.2. The molecule has 2 amide bonds. The van der Waals surface area contributed by atoms with E-state index in [9.17, 15) is 9.59 Å². The Bertz CT molecular complexity index is 541. The molecule has 1 aromatic carbocycles. The standard InChI is InChI=1S/C14H16N2O3/c1-10-7-11(3-2-6-17)9-12(8-10)14(19)16-5-4-13(15)18/h7-9,17H,4-6H2,1H3,(H2,15,18)(H,16,19). The summed E-state index contributed by atoms with van der Waals surface area (Å²) in [6, 6.07) is 5.18. The Balaban J connectivity index is 2.79. The van der Waals surface area contributed by atoms with Crippen LogP contribution in [0.1, 0.15) is 27.9 Å². The van der Waals surface area contributed by atoms with Gasteiger partial charge < -0.3 is 16.2 Å². The van der Waals surface area contributed by atoms with E-state index in [2.05, 4.69) is 17.2 Å². The van der Waals surface area contributed by atoms with Gasteiger partial charge in [-0.25, -0.2) is 0 Å². The third-order valence-electron chi connectivity index (χ3n) is 2.31. The van der Waals surface area contributed by atoms with Crippen molar-refractivity contribution in [2.75, 3.05) is 13.2 Å². The van der Waals surface area contributed by atoms with Gasteiger partial charge in [0, 0.05) is 24.1 Å². The largest absolute Gasteiger partial charge is 0.384 e. The van der Waals surface area contributed by atoms with Crippen LogP contribution in [0, 0.1) is 18.8 Å². The highest BCUT2D eigenvalue weighted by Crippen LogP contribution is 2.09. The normalized spacial score (nSPS) is 9.37. The number of aryl methyl sites for hydroxylation is 1. The van der Waals surface area contributed by atoms with Gasteiger partial charge in [-0.05, 0) is 30.7 Å². The fourth-order valence-corrected chi connectivity index (χ4v) is 1.53.